The van der Waals surface area contributed by atoms with Crippen LogP contribution in [0.4, 0.5) is 16.5 Å². The number of likely N-dealkylation sites (N-methyl/N-ethyl adjacent to an activating group) is 1. The zero-order valence-corrected chi connectivity index (χ0v) is 25.1. The van der Waals surface area contributed by atoms with Gasteiger partial charge in [0.2, 0.25) is 11.7 Å². The SMILES string of the molecule is CC#CC(=O)N1CCN(c2cc(-c3noc(C4(C)CCCc5sc(N)c(C#N)c54)n3)nc(N3CCN(C)CC3)c2)CC1. The molecular formula is C30H35N9O2S. The molecule has 2 N–H and O–H groups in total. The summed E-state index contributed by atoms with van der Waals surface area (Å²) in [6.45, 7) is 10.0. The van der Waals surface area contributed by atoms with Gasteiger partial charge in [-0.25, -0.2) is 4.98 Å². The first kappa shape index (κ1) is 28.0. The molecule has 3 aromatic rings. The monoisotopic (exact) mass is 585 g/mol. The van der Waals surface area contributed by atoms with Crippen molar-refractivity contribution in [3.63, 3.8) is 0 Å². The van der Waals surface area contributed by atoms with E-state index in [4.69, 9.17) is 20.2 Å². The van der Waals surface area contributed by atoms with Gasteiger partial charge in [0.15, 0.2) is 0 Å². The Balaban J connectivity index is 1.34. The minimum Gasteiger partial charge on any atom is -0.389 e. The van der Waals surface area contributed by atoms with Crippen LogP contribution in [0.25, 0.3) is 11.5 Å². The van der Waals surface area contributed by atoms with Crippen LogP contribution in [-0.2, 0) is 16.6 Å². The van der Waals surface area contributed by atoms with Crippen LogP contribution in [0.2, 0.25) is 0 Å². The van der Waals surface area contributed by atoms with Crippen molar-refractivity contribution in [2.45, 2.75) is 38.5 Å². The van der Waals surface area contributed by atoms with Crippen molar-refractivity contribution in [3.8, 4) is 29.4 Å². The van der Waals surface area contributed by atoms with Crippen molar-refractivity contribution in [3.05, 3.63) is 34.0 Å². The van der Waals surface area contributed by atoms with Gasteiger partial charge in [0, 0.05) is 74.6 Å². The van der Waals surface area contributed by atoms with E-state index in [0.717, 1.165) is 67.4 Å². The summed E-state index contributed by atoms with van der Waals surface area (Å²) in [6.07, 6.45) is 2.63. The molecule has 2 saturated heterocycles. The quantitative estimate of drug-likeness (QED) is 0.456. The summed E-state index contributed by atoms with van der Waals surface area (Å²) >= 11 is 1.49. The van der Waals surface area contributed by atoms with Crippen molar-refractivity contribution in [2.24, 2.45) is 0 Å². The number of fused-ring (bicyclic) bond motifs is 1. The number of rotatable bonds is 4. The molecule has 1 aliphatic carbocycles. The summed E-state index contributed by atoms with van der Waals surface area (Å²) in [5, 5.41) is 14.8. The first-order valence-corrected chi connectivity index (χ1v) is 15.2. The number of pyridine rings is 1. The van der Waals surface area contributed by atoms with E-state index in [-0.39, 0.29) is 5.91 Å². The average Bonchev–Trinajstić information content (AvgIpc) is 3.63. The third-order valence-corrected chi connectivity index (χ3v) is 9.75. The van der Waals surface area contributed by atoms with Crippen molar-refractivity contribution >= 4 is 33.8 Å². The van der Waals surface area contributed by atoms with Gasteiger partial charge in [0.05, 0.1) is 11.0 Å². The first-order valence-electron chi connectivity index (χ1n) is 14.4. The Morgan fingerprint density at radius 1 is 1.10 bits per heavy atom. The molecule has 0 radical (unpaired) electrons. The highest BCUT2D eigenvalue weighted by molar-refractivity contribution is 7.16. The maximum absolute atomic E-state index is 12.3. The fraction of sp³-hybridized carbons (Fsp3) is 0.500. The Kier molecular flexibility index (Phi) is 7.52. The Labute approximate surface area is 249 Å². The largest absolute Gasteiger partial charge is 0.389 e. The van der Waals surface area contributed by atoms with Gasteiger partial charge in [0.25, 0.3) is 5.91 Å². The first-order chi connectivity index (χ1) is 20.3. The fourth-order valence-electron chi connectivity index (χ4n) is 6.21. The maximum atomic E-state index is 12.3. The molecule has 5 heterocycles. The van der Waals surface area contributed by atoms with E-state index in [9.17, 15) is 10.1 Å². The Bertz CT molecular complexity index is 1600. The van der Waals surface area contributed by atoms with E-state index in [0.29, 0.717) is 54.2 Å². The lowest BCUT2D eigenvalue weighted by Crippen LogP contribution is -2.48. The Morgan fingerprint density at radius 3 is 2.55 bits per heavy atom. The molecule has 1 amide bonds. The molecule has 0 bridgehead atoms. The number of amides is 1. The number of anilines is 3. The zero-order valence-electron chi connectivity index (χ0n) is 24.3. The minimum atomic E-state index is -0.597. The van der Waals surface area contributed by atoms with Crippen molar-refractivity contribution < 1.29 is 9.32 Å². The predicted octanol–water partition coefficient (Wildman–Crippen LogP) is 2.71. The lowest BCUT2D eigenvalue weighted by atomic mass is 9.72. The summed E-state index contributed by atoms with van der Waals surface area (Å²) in [7, 11) is 2.13. The molecule has 0 aromatic carbocycles. The Hall–Kier alpha value is -4.13. The number of hydrogen-bond donors (Lipinski definition) is 1. The van der Waals surface area contributed by atoms with Crippen LogP contribution in [0.5, 0.6) is 0 Å². The van der Waals surface area contributed by atoms with E-state index < -0.39 is 5.41 Å². The predicted molar refractivity (Wildman–Crippen MR) is 162 cm³/mol. The molecule has 3 aliphatic rings. The molecule has 6 rings (SSSR count). The average molecular weight is 586 g/mol. The normalized spacial score (nSPS) is 21.0. The maximum Gasteiger partial charge on any atom is 0.298 e. The standard InChI is InChI=1S/C30H35N9O2S/c1-4-6-25(40)39-15-13-37(14-16-39)20-17-22(33-24(18-20)38-11-9-36(3)10-12-38)28-34-29(41-35-28)30(2)8-5-7-23-26(30)21(19-31)27(32)42-23/h17-18H,5,7-16,32H2,1-3H3. The van der Waals surface area contributed by atoms with E-state index in [1.165, 1.54) is 11.3 Å². The number of carbonyl (C=O) groups is 1. The number of nitriles is 1. The fourth-order valence-corrected chi connectivity index (χ4v) is 7.40. The Morgan fingerprint density at radius 2 is 1.83 bits per heavy atom. The molecule has 0 saturated carbocycles. The number of piperazine rings is 2. The van der Waals surface area contributed by atoms with Gasteiger partial charge in [-0.15, -0.1) is 11.3 Å². The summed E-state index contributed by atoms with van der Waals surface area (Å²) < 4.78 is 5.94. The molecular weight excluding hydrogens is 550 g/mol. The van der Waals surface area contributed by atoms with Crippen LogP contribution in [0.3, 0.4) is 0 Å². The van der Waals surface area contributed by atoms with Gasteiger partial charge in [-0.1, -0.05) is 11.1 Å². The van der Waals surface area contributed by atoms with Crippen molar-refractivity contribution in [2.75, 3.05) is 74.9 Å². The number of nitrogens with two attached hydrogens (primary N) is 1. The number of hydrogen-bond acceptors (Lipinski definition) is 11. The van der Waals surface area contributed by atoms with Crippen LogP contribution < -0.4 is 15.5 Å². The second-order valence-electron chi connectivity index (χ2n) is 11.4. The lowest BCUT2D eigenvalue weighted by molar-refractivity contribution is -0.125. The van der Waals surface area contributed by atoms with Crippen LogP contribution in [0.1, 0.15) is 48.6 Å². The second kappa shape index (κ2) is 11.3. The minimum absolute atomic E-state index is 0.128. The summed E-state index contributed by atoms with van der Waals surface area (Å²) in [5.41, 5.74) is 8.73. The molecule has 1 unspecified atom stereocenters. The van der Waals surface area contributed by atoms with E-state index in [2.05, 4.69) is 57.8 Å². The molecule has 1 atom stereocenters. The van der Waals surface area contributed by atoms with Crippen molar-refractivity contribution in [1.82, 2.24) is 24.9 Å². The van der Waals surface area contributed by atoms with Gasteiger partial charge in [-0.2, -0.15) is 10.2 Å². The number of nitrogens with zero attached hydrogens (tertiary/aromatic N) is 8. The highest BCUT2D eigenvalue weighted by atomic mass is 32.1. The highest BCUT2D eigenvalue weighted by Crippen LogP contribution is 2.48. The summed E-state index contributed by atoms with van der Waals surface area (Å²) in [6, 6.07) is 6.45. The van der Waals surface area contributed by atoms with Crippen molar-refractivity contribution in [1.29, 1.82) is 5.26 Å². The zero-order chi connectivity index (χ0) is 29.4. The number of aromatic nitrogens is 3. The number of carbonyl (C=O) groups excluding carboxylic acids is 1. The highest BCUT2D eigenvalue weighted by Gasteiger charge is 2.43. The van der Waals surface area contributed by atoms with Crippen LogP contribution in [-0.4, -0.2) is 90.2 Å². The molecule has 3 aromatic heterocycles. The molecule has 11 nitrogen and oxygen atoms in total. The van der Waals surface area contributed by atoms with Gasteiger partial charge in [-0.3, -0.25) is 4.79 Å². The van der Waals surface area contributed by atoms with Crippen LogP contribution in [0.15, 0.2) is 16.7 Å². The third kappa shape index (κ3) is 5.06. The van der Waals surface area contributed by atoms with E-state index >= 15 is 0 Å². The molecule has 12 heteroatoms. The lowest BCUT2D eigenvalue weighted by Gasteiger charge is -2.37. The van der Waals surface area contributed by atoms with E-state index in [1.807, 2.05) is 6.07 Å². The molecule has 2 fully saturated rings. The van der Waals surface area contributed by atoms with Crippen LogP contribution >= 0.6 is 11.3 Å². The van der Waals surface area contributed by atoms with Gasteiger partial charge < -0.3 is 29.9 Å². The number of nitrogen functional groups attached to an aromatic ring is 1. The topological polar surface area (TPSA) is 132 Å². The third-order valence-electron chi connectivity index (χ3n) is 8.67. The van der Waals surface area contributed by atoms with Gasteiger partial charge in [-0.05, 0) is 52.1 Å². The molecule has 42 heavy (non-hydrogen) atoms. The molecule has 218 valence electrons. The smallest absolute Gasteiger partial charge is 0.298 e. The molecule has 0 spiro atoms. The van der Waals surface area contributed by atoms with Gasteiger partial charge >= 0.3 is 0 Å². The summed E-state index contributed by atoms with van der Waals surface area (Å²) in [4.78, 5) is 32.0. The van der Waals surface area contributed by atoms with E-state index in [1.54, 1.807) is 11.8 Å². The second-order valence-corrected chi connectivity index (χ2v) is 12.5. The number of thiophene rings is 1. The summed E-state index contributed by atoms with van der Waals surface area (Å²) in [5.74, 6) is 7.00. The number of aryl methyl sites for hydroxylation is 1. The van der Waals surface area contributed by atoms with Gasteiger partial charge in [0.1, 0.15) is 22.6 Å². The molecule has 2 aliphatic heterocycles. The van der Waals surface area contributed by atoms with Crippen LogP contribution in [0, 0.1) is 23.2 Å².